The molecule has 2 aromatic rings. The highest BCUT2D eigenvalue weighted by atomic mass is 79.9. The van der Waals surface area contributed by atoms with Crippen LogP contribution in [-0.4, -0.2) is 20.5 Å². The monoisotopic (exact) mass is 489 g/mol. The first-order chi connectivity index (χ1) is 12.5. The maximum Gasteiger partial charge on any atom is 0.501 e. The molecule has 0 unspecified atom stereocenters. The Hall–Kier alpha value is -1.36. The Bertz CT molecular complexity index is 931. The number of rotatable bonds is 6. The lowest BCUT2D eigenvalue weighted by Gasteiger charge is -2.17. The zero-order valence-electron chi connectivity index (χ0n) is 13.7. The highest BCUT2D eigenvalue weighted by molar-refractivity contribution is 9.10. The molecule has 4 nitrogen and oxygen atoms in total. The van der Waals surface area contributed by atoms with E-state index in [0.717, 1.165) is 24.3 Å². The lowest BCUT2D eigenvalue weighted by molar-refractivity contribution is -0.0436. The molecule has 148 valence electrons. The van der Waals surface area contributed by atoms with E-state index in [1.807, 2.05) is 0 Å². The van der Waals surface area contributed by atoms with E-state index in [-0.39, 0.29) is 33.1 Å². The molecule has 0 spiro atoms. The second-order valence-corrected chi connectivity index (χ2v) is 8.43. The quantitative estimate of drug-likeness (QED) is 0.548. The van der Waals surface area contributed by atoms with Crippen molar-refractivity contribution in [3.05, 3.63) is 51.2 Å². The number of hydrogen-bond donors (Lipinski definition) is 1. The number of ether oxygens (including phenoxy) is 1. The summed E-state index contributed by atoms with van der Waals surface area (Å²) < 4.78 is 81.6. The first-order valence-electron chi connectivity index (χ1n) is 7.44. The number of alkyl halides is 3. The second-order valence-electron chi connectivity index (χ2n) is 5.29. The van der Waals surface area contributed by atoms with Crippen LogP contribution in [0, 0.1) is 5.82 Å². The first-order valence-corrected chi connectivity index (χ1v) is 10.1. The van der Waals surface area contributed by atoms with E-state index in [1.165, 1.54) is 6.07 Å². The van der Waals surface area contributed by atoms with Gasteiger partial charge in [-0.25, -0.2) is 12.8 Å². The molecule has 0 heterocycles. The molecule has 0 aliphatic rings. The van der Waals surface area contributed by atoms with Crippen molar-refractivity contribution in [2.45, 2.75) is 23.9 Å². The lowest BCUT2D eigenvalue weighted by Crippen LogP contribution is -2.26. The summed E-state index contributed by atoms with van der Waals surface area (Å²) in [5, 5.41) is 2.84. The largest absolute Gasteiger partial charge is 0.501 e. The minimum absolute atomic E-state index is 0.00142. The van der Waals surface area contributed by atoms with Gasteiger partial charge in [0.1, 0.15) is 17.3 Å². The van der Waals surface area contributed by atoms with E-state index in [9.17, 15) is 26.0 Å². The van der Waals surface area contributed by atoms with E-state index in [0.29, 0.717) is 6.54 Å². The van der Waals surface area contributed by atoms with Gasteiger partial charge in [0, 0.05) is 23.2 Å². The molecule has 0 aliphatic heterocycles. The molecular formula is C16H13BrClF4NO3S. The van der Waals surface area contributed by atoms with Crippen LogP contribution < -0.4 is 10.1 Å². The van der Waals surface area contributed by atoms with Gasteiger partial charge in [-0.2, -0.15) is 13.2 Å². The van der Waals surface area contributed by atoms with Crippen molar-refractivity contribution in [1.82, 2.24) is 5.32 Å². The zero-order chi connectivity index (χ0) is 20.4. The Labute approximate surface area is 166 Å². The summed E-state index contributed by atoms with van der Waals surface area (Å²) in [6, 6.07) is 5.25. The summed E-state index contributed by atoms with van der Waals surface area (Å²) in [6.07, 6.45) is 0. The average Bonchev–Trinajstić information content (AvgIpc) is 2.53. The van der Waals surface area contributed by atoms with Gasteiger partial charge in [0.25, 0.3) is 9.84 Å². The fraction of sp³-hybridized carbons (Fsp3) is 0.250. The normalized spacial score (nSPS) is 12.3. The minimum Gasteiger partial charge on any atom is -0.456 e. The number of halogens is 6. The summed E-state index contributed by atoms with van der Waals surface area (Å²) in [7, 11) is -5.57. The number of benzene rings is 2. The second kappa shape index (κ2) is 8.34. The molecule has 0 bridgehead atoms. The minimum atomic E-state index is -5.57. The van der Waals surface area contributed by atoms with Gasteiger partial charge in [-0.3, -0.25) is 0 Å². The van der Waals surface area contributed by atoms with Crippen LogP contribution in [0.2, 0.25) is 5.02 Å². The maximum absolute atomic E-state index is 13.4. The van der Waals surface area contributed by atoms with E-state index >= 15 is 0 Å². The van der Waals surface area contributed by atoms with Crippen molar-refractivity contribution in [3.8, 4) is 11.5 Å². The van der Waals surface area contributed by atoms with E-state index < -0.39 is 26.1 Å². The maximum atomic E-state index is 13.4. The van der Waals surface area contributed by atoms with Crippen LogP contribution in [-0.2, 0) is 16.4 Å². The van der Waals surface area contributed by atoms with Crippen molar-refractivity contribution in [2.75, 3.05) is 6.54 Å². The molecule has 1 N–H and O–H groups in total. The standard InChI is InChI=1S/C16H13BrClF4NO3S/c1-2-23-8-12-14(27(24,25)16(20,21)22)4-3-13(15(12)17)26-11-6-9(18)5-10(19)7-11/h3-7,23H,2,8H2,1H3. The van der Waals surface area contributed by atoms with Crippen molar-refractivity contribution in [2.24, 2.45) is 0 Å². The van der Waals surface area contributed by atoms with Crippen LogP contribution in [0.15, 0.2) is 39.7 Å². The van der Waals surface area contributed by atoms with E-state index in [2.05, 4.69) is 21.2 Å². The van der Waals surface area contributed by atoms with Gasteiger partial charge < -0.3 is 10.1 Å². The Kier molecular flexibility index (Phi) is 6.77. The fourth-order valence-electron chi connectivity index (χ4n) is 2.17. The molecule has 0 radical (unpaired) electrons. The molecule has 0 atom stereocenters. The first kappa shape index (κ1) is 21.9. The van der Waals surface area contributed by atoms with Gasteiger partial charge >= 0.3 is 5.51 Å². The van der Waals surface area contributed by atoms with Gasteiger partial charge in [0.15, 0.2) is 0 Å². The molecule has 2 aromatic carbocycles. The van der Waals surface area contributed by atoms with Crippen LogP contribution in [0.1, 0.15) is 12.5 Å². The van der Waals surface area contributed by atoms with Crippen LogP contribution in [0.5, 0.6) is 11.5 Å². The fourth-order valence-corrected chi connectivity index (χ4v) is 4.07. The summed E-state index contributed by atoms with van der Waals surface area (Å²) in [5.41, 5.74) is -5.61. The zero-order valence-corrected chi connectivity index (χ0v) is 16.9. The Morgan fingerprint density at radius 1 is 1.22 bits per heavy atom. The molecule has 0 aromatic heterocycles. The number of nitrogens with one attached hydrogen (secondary N) is 1. The third kappa shape index (κ3) is 4.92. The Morgan fingerprint density at radius 2 is 1.89 bits per heavy atom. The molecule has 0 fully saturated rings. The predicted molar refractivity (Wildman–Crippen MR) is 96.2 cm³/mol. The topological polar surface area (TPSA) is 55.4 Å². The summed E-state index contributed by atoms with van der Waals surface area (Å²) in [5.74, 6) is -0.662. The molecule has 27 heavy (non-hydrogen) atoms. The Balaban J connectivity index is 2.56. The summed E-state index contributed by atoms with van der Waals surface area (Å²) in [6.45, 7) is 1.94. The predicted octanol–water partition coefficient (Wildman–Crippen LogP) is 5.44. The van der Waals surface area contributed by atoms with Gasteiger partial charge in [-0.1, -0.05) is 18.5 Å². The van der Waals surface area contributed by atoms with Crippen molar-refractivity contribution in [1.29, 1.82) is 0 Å². The molecule has 2 rings (SSSR count). The molecule has 0 saturated carbocycles. The molecule has 0 aliphatic carbocycles. The van der Waals surface area contributed by atoms with E-state index in [4.69, 9.17) is 16.3 Å². The van der Waals surface area contributed by atoms with Gasteiger partial charge in [0.05, 0.1) is 9.37 Å². The Morgan fingerprint density at radius 3 is 2.44 bits per heavy atom. The van der Waals surface area contributed by atoms with Crippen molar-refractivity contribution < 1.29 is 30.7 Å². The smallest absolute Gasteiger partial charge is 0.456 e. The van der Waals surface area contributed by atoms with E-state index in [1.54, 1.807) is 6.92 Å². The van der Waals surface area contributed by atoms with Crippen LogP contribution in [0.3, 0.4) is 0 Å². The van der Waals surface area contributed by atoms with Gasteiger partial charge in [-0.15, -0.1) is 0 Å². The van der Waals surface area contributed by atoms with Crippen LogP contribution in [0.25, 0.3) is 0 Å². The summed E-state index contributed by atoms with van der Waals surface area (Å²) >= 11 is 8.84. The third-order valence-electron chi connectivity index (χ3n) is 3.37. The molecular weight excluding hydrogens is 478 g/mol. The molecule has 11 heteroatoms. The summed E-state index contributed by atoms with van der Waals surface area (Å²) in [4.78, 5) is -0.896. The number of hydrogen-bond acceptors (Lipinski definition) is 4. The third-order valence-corrected chi connectivity index (χ3v) is 6.03. The molecule has 0 saturated heterocycles. The highest BCUT2D eigenvalue weighted by Gasteiger charge is 2.48. The number of sulfone groups is 1. The van der Waals surface area contributed by atoms with Gasteiger partial charge in [-0.05, 0) is 46.7 Å². The average molecular weight is 491 g/mol. The highest BCUT2D eigenvalue weighted by Crippen LogP contribution is 2.40. The van der Waals surface area contributed by atoms with Crippen LogP contribution >= 0.6 is 27.5 Å². The van der Waals surface area contributed by atoms with Crippen molar-refractivity contribution >= 4 is 37.4 Å². The van der Waals surface area contributed by atoms with Crippen molar-refractivity contribution in [3.63, 3.8) is 0 Å². The SMILES string of the molecule is CCNCc1c(S(=O)(=O)C(F)(F)F)ccc(Oc2cc(F)cc(Cl)c2)c1Br. The molecule has 0 amide bonds. The van der Waals surface area contributed by atoms with Crippen LogP contribution in [0.4, 0.5) is 17.6 Å². The van der Waals surface area contributed by atoms with Gasteiger partial charge in [0.2, 0.25) is 0 Å². The lowest BCUT2D eigenvalue weighted by atomic mass is 10.2.